The Morgan fingerprint density at radius 2 is 2.00 bits per heavy atom. The van der Waals surface area contributed by atoms with Crippen molar-refractivity contribution in [1.29, 1.82) is 5.26 Å². The summed E-state index contributed by atoms with van der Waals surface area (Å²) in [4.78, 5) is 0. The summed E-state index contributed by atoms with van der Waals surface area (Å²) in [5, 5.41) is 18.6. The van der Waals surface area contributed by atoms with Gasteiger partial charge in [0.2, 0.25) is 0 Å². The third kappa shape index (κ3) is 3.16. The summed E-state index contributed by atoms with van der Waals surface area (Å²) >= 11 is 3.16. The number of halogens is 2. The van der Waals surface area contributed by atoms with Crippen LogP contribution in [0.3, 0.4) is 0 Å². The number of nitrogens with zero attached hydrogens (tertiary/aromatic N) is 1. The molecule has 0 aliphatic carbocycles. The Kier molecular flexibility index (Phi) is 4.38. The molecule has 2 aromatic carbocycles. The maximum atomic E-state index is 13.8. The third-order valence-electron chi connectivity index (χ3n) is 2.71. The Balaban J connectivity index is 2.43. The fourth-order valence-electron chi connectivity index (χ4n) is 1.71. The van der Waals surface area contributed by atoms with E-state index in [-0.39, 0.29) is 11.5 Å². The quantitative estimate of drug-likeness (QED) is 0.909. The number of aliphatic hydroxyl groups is 1. The minimum atomic E-state index is -0.781. The molecule has 0 saturated carbocycles. The summed E-state index contributed by atoms with van der Waals surface area (Å²) < 4.78 is 19.9. The van der Waals surface area contributed by atoms with Crippen molar-refractivity contribution in [3.8, 4) is 17.6 Å². The Hall–Kier alpha value is -1.90. The Morgan fingerprint density at radius 1 is 1.25 bits per heavy atom. The molecule has 2 rings (SSSR count). The normalized spacial score (nSPS) is 11.8. The van der Waals surface area contributed by atoms with E-state index in [9.17, 15) is 9.50 Å². The first-order valence-electron chi connectivity index (χ1n) is 5.86. The monoisotopic (exact) mass is 335 g/mol. The van der Waals surface area contributed by atoms with E-state index in [1.165, 1.54) is 18.2 Å². The van der Waals surface area contributed by atoms with E-state index in [2.05, 4.69) is 15.9 Å². The minimum Gasteiger partial charge on any atom is -0.454 e. The highest BCUT2D eigenvalue weighted by atomic mass is 79.9. The van der Waals surface area contributed by atoms with E-state index in [1.54, 1.807) is 25.1 Å². The van der Waals surface area contributed by atoms with Crippen molar-refractivity contribution in [1.82, 2.24) is 0 Å². The standard InChI is InChI=1S/C15H11BrFNO2/c1-9(19)12-4-2-10(8-18)6-15(12)20-14-5-3-11(16)7-13(14)17/h2-7,9,19H,1H3. The first kappa shape index (κ1) is 14.5. The average molecular weight is 336 g/mol. The van der Waals surface area contributed by atoms with Gasteiger partial charge in [0.25, 0.3) is 0 Å². The fraction of sp³-hybridized carbons (Fsp3) is 0.133. The predicted octanol–water partition coefficient (Wildman–Crippen LogP) is 4.31. The minimum absolute atomic E-state index is 0.0326. The van der Waals surface area contributed by atoms with Crippen molar-refractivity contribution in [2.45, 2.75) is 13.0 Å². The second kappa shape index (κ2) is 6.04. The van der Waals surface area contributed by atoms with Gasteiger partial charge in [-0.25, -0.2) is 4.39 Å². The lowest BCUT2D eigenvalue weighted by Crippen LogP contribution is -1.98. The first-order chi connectivity index (χ1) is 9.51. The van der Waals surface area contributed by atoms with Crippen LogP contribution >= 0.6 is 15.9 Å². The molecule has 2 aromatic rings. The lowest BCUT2D eigenvalue weighted by molar-refractivity contribution is 0.195. The molecule has 3 nitrogen and oxygen atoms in total. The van der Waals surface area contributed by atoms with Crippen LogP contribution in [0.5, 0.6) is 11.5 Å². The molecule has 0 heterocycles. The third-order valence-corrected chi connectivity index (χ3v) is 3.20. The van der Waals surface area contributed by atoms with E-state index in [0.717, 1.165) is 0 Å². The molecule has 0 aliphatic heterocycles. The van der Waals surface area contributed by atoms with Crippen LogP contribution in [0.15, 0.2) is 40.9 Å². The Bertz CT molecular complexity index is 680. The van der Waals surface area contributed by atoms with Gasteiger partial charge >= 0.3 is 0 Å². The van der Waals surface area contributed by atoms with Crippen LogP contribution in [0.4, 0.5) is 4.39 Å². The molecule has 1 atom stereocenters. The van der Waals surface area contributed by atoms with Gasteiger partial charge in [-0.05, 0) is 37.3 Å². The molecule has 0 spiro atoms. The maximum Gasteiger partial charge on any atom is 0.166 e. The van der Waals surface area contributed by atoms with Crippen molar-refractivity contribution in [2.75, 3.05) is 0 Å². The molecular weight excluding hydrogens is 325 g/mol. The summed E-state index contributed by atoms with van der Waals surface area (Å²) in [6.45, 7) is 1.58. The number of nitriles is 1. The number of aliphatic hydroxyl groups excluding tert-OH is 1. The molecule has 1 unspecified atom stereocenters. The SMILES string of the molecule is CC(O)c1ccc(C#N)cc1Oc1ccc(Br)cc1F. The molecule has 0 aliphatic rings. The molecule has 0 saturated heterocycles. The molecule has 0 amide bonds. The van der Waals surface area contributed by atoms with Gasteiger partial charge in [-0.3, -0.25) is 0 Å². The second-order valence-electron chi connectivity index (χ2n) is 4.22. The molecular formula is C15H11BrFNO2. The zero-order valence-corrected chi connectivity index (χ0v) is 12.2. The zero-order valence-electron chi connectivity index (χ0n) is 10.6. The number of hydrogen-bond donors (Lipinski definition) is 1. The van der Waals surface area contributed by atoms with Crippen LogP contribution in [0.25, 0.3) is 0 Å². The molecule has 1 N–H and O–H groups in total. The van der Waals surface area contributed by atoms with Crippen LogP contribution in [0.2, 0.25) is 0 Å². The maximum absolute atomic E-state index is 13.8. The molecule has 0 fully saturated rings. The predicted molar refractivity (Wildman–Crippen MR) is 76.0 cm³/mol. The fourth-order valence-corrected chi connectivity index (χ4v) is 2.05. The van der Waals surface area contributed by atoms with Crippen molar-refractivity contribution in [3.63, 3.8) is 0 Å². The van der Waals surface area contributed by atoms with Gasteiger partial charge in [0.15, 0.2) is 11.6 Å². The van der Waals surface area contributed by atoms with Gasteiger partial charge in [0, 0.05) is 10.0 Å². The van der Waals surface area contributed by atoms with Crippen molar-refractivity contribution < 1.29 is 14.2 Å². The van der Waals surface area contributed by atoms with Crippen LogP contribution in [-0.4, -0.2) is 5.11 Å². The summed E-state index contributed by atoms with van der Waals surface area (Å²) in [6.07, 6.45) is -0.781. The van der Waals surface area contributed by atoms with Crippen LogP contribution < -0.4 is 4.74 Å². The number of hydrogen-bond acceptors (Lipinski definition) is 3. The first-order valence-corrected chi connectivity index (χ1v) is 6.65. The van der Waals surface area contributed by atoms with Gasteiger partial charge in [0.1, 0.15) is 5.75 Å². The van der Waals surface area contributed by atoms with E-state index in [1.807, 2.05) is 6.07 Å². The highest BCUT2D eigenvalue weighted by Gasteiger charge is 2.13. The highest BCUT2D eigenvalue weighted by Crippen LogP contribution is 2.32. The topological polar surface area (TPSA) is 53.2 Å². The van der Waals surface area contributed by atoms with Crippen molar-refractivity contribution in [2.24, 2.45) is 0 Å². The molecule has 0 bridgehead atoms. The Labute approximate surface area is 124 Å². The molecule has 0 radical (unpaired) electrons. The van der Waals surface area contributed by atoms with Crippen LogP contribution in [0, 0.1) is 17.1 Å². The van der Waals surface area contributed by atoms with E-state index in [4.69, 9.17) is 10.00 Å². The zero-order chi connectivity index (χ0) is 14.7. The van der Waals surface area contributed by atoms with Gasteiger partial charge in [-0.15, -0.1) is 0 Å². The van der Waals surface area contributed by atoms with Gasteiger partial charge in [-0.1, -0.05) is 22.0 Å². The average Bonchev–Trinajstić information content (AvgIpc) is 2.41. The van der Waals surface area contributed by atoms with E-state index >= 15 is 0 Å². The summed E-state index contributed by atoms with van der Waals surface area (Å²) in [6, 6.07) is 11.0. The number of benzene rings is 2. The largest absolute Gasteiger partial charge is 0.454 e. The summed E-state index contributed by atoms with van der Waals surface area (Å²) in [5.74, 6) is -0.233. The summed E-state index contributed by atoms with van der Waals surface area (Å²) in [7, 11) is 0. The molecule has 5 heteroatoms. The van der Waals surface area contributed by atoms with E-state index < -0.39 is 11.9 Å². The van der Waals surface area contributed by atoms with Crippen LogP contribution in [0.1, 0.15) is 24.2 Å². The van der Waals surface area contributed by atoms with Crippen molar-refractivity contribution >= 4 is 15.9 Å². The molecule has 0 aromatic heterocycles. The van der Waals surface area contributed by atoms with Gasteiger partial charge in [-0.2, -0.15) is 5.26 Å². The van der Waals surface area contributed by atoms with Crippen LogP contribution in [-0.2, 0) is 0 Å². The van der Waals surface area contributed by atoms with E-state index in [0.29, 0.717) is 15.6 Å². The highest BCUT2D eigenvalue weighted by molar-refractivity contribution is 9.10. The van der Waals surface area contributed by atoms with Crippen molar-refractivity contribution in [3.05, 3.63) is 57.8 Å². The second-order valence-corrected chi connectivity index (χ2v) is 5.13. The van der Waals surface area contributed by atoms with Gasteiger partial charge in [0.05, 0.1) is 17.7 Å². The smallest absolute Gasteiger partial charge is 0.166 e. The lowest BCUT2D eigenvalue weighted by atomic mass is 10.1. The number of ether oxygens (including phenoxy) is 1. The Morgan fingerprint density at radius 3 is 2.60 bits per heavy atom. The van der Waals surface area contributed by atoms with Gasteiger partial charge < -0.3 is 9.84 Å². The molecule has 102 valence electrons. The number of rotatable bonds is 3. The lowest BCUT2D eigenvalue weighted by Gasteiger charge is -2.14. The molecule has 20 heavy (non-hydrogen) atoms. The summed E-state index contributed by atoms with van der Waals surface area (Å²) in [5.41, 5.74) is 0.869.